The van der Waals surface area contributed by atoms with E-state index >= 15 is 0 Å². The number of benzene rings is 1. The van der Waals surface area contributed by atoms with E-state index in [1.807, 2.05) is 26.0 Å². The first-order chi connectivity index (χ1) is 17.4. The topological polar surface area (TPSA) is 109 Å². The minimum absolute atomic E-state index is 0.0983. The smallest absolute Gasteiger partial charge is 0.322 e. The molecular formula is C26H29N5O5. The maximum atomic E-state index is 13.1. The Bertz CT molecular complexity index is 1350. The van der Waals surface area contributed by atoms with E-state index in [0.717, 1.165) is 24.8 Å². The van der Waals surface area contributed by atoms with Crippen molar-refractivity contribution in [2.75, 3.05) is 24.6 Å². The SMILES string of the molecule is Cc1c(C(=O)N2C[C@@H](O)[C@H]2C)cn2nccc(Oc3ccc4c(c3)OCCN4C(=O)NC3CCC3)c12. The van der Waals surface area contributed by atoms with Crippen molar-refractivity contribution in [3.63, 3.8) is 0 Å². The first-order valence-corrected chi connectivity index (χ1v) is 12.4. The highest BCUT2D eigenvalue weighted by molar-refractivity contribution is 5.99. The number of β-amino-alcohol motifs (C(OH)–C–C–N with tert-alkyl or cyclic N) is 1. The van der Waals surface area contributed by atoms with Gasteiger partial charge in [-0.1, -0.05) is 0 Å². The van der Waals surface area contributed by atoms with Gasteiger partial charge >= 0.3 is 6.03 Å². The molecule has 4 heterocycles. The van der Waals surface area contributed by atoms with Gasteiger partial charge < -0.3 is 24.8 Å². The van der Waals surface area contributed by atoms with Gasteiger partial charge in [-0.3, -0.25) is 9.69 Å². The van der Waals surface area contributed by atoms with Crippen LogP contribution in [-0.2, 0) is 0 Å². The molecule has 2 aromatic heterocycles. The summed E-state index contributed by atoms with van der Waals surface area (Å²) in [5.74, 6) is 1.55. The fraction of sp³-hybridized carbons (Fsp3) is 0.423. The number of carbonyl (C=O) groups is 2. The summed E-state index contributed by atoms with van der Waals surface area (Å²) in [4.78, 5) is 29.2. The van der Waals surface area contributed by atoms with Crippen LogP contribution in [0.15, 0.2) is 36.7 Å². The van der Waals surface area contributed by atoms with E-state index in [1.54, 1.807) is 38.8 Å². The fourth-order valence-corrected chi connectivity index (χ4v) is 4.94. The number of aliphatic hydroxyl groups excluding tert-OH is 1. The molecule has 1 saturated heterocycles. The Morgan fingerprint density at radius 2 is 2.08 bits per heavy atom. The summed E-state index contributed by atoms with van der Waals surface area (Å²) in [5.41, 5.74) is 2.68. The molecule has 2 aliphatic heterocycles. The van der Waals surface area contributed by atoms with Gasteiger partial charge in [-0.25, -0.2) is 9.31 Å². The maximum absolute atomic E-state index is 13.1. The zero-order chi connectivity index (χ0) is 25.0. The molecule has 1 aromatic carbocycles. The highest BCUT2D eigenvalue weighted by Gasteiger charge is 2.38. The largest absolute Gasteiger partial charge is 0.489 e. The minimum atomic E-state index is -0.491. The molecule has 10 heteroatoms. The number of ether oxygens (including phenoxy) is 2. The molecule has 3 amide bonds. The van der Waals surface area contributed by atoms with Crippen LogP contribution >= 0.6 is 0 Å². The third kappa shape index (κ3) is 3.72. The number of hydrogen-bond donors (Lipinski definition) is 2. The van der Waals surface area contributed by atoms with Crippen molar-refractivity contribution >= 4 is 23.1 Å². The number of amides is 3. The molecule has 1 saturated carbocycles. The lowest BCUT2D eigenvalue weighted by Crippen LogP contribution is -2.60. The Morgan fingerprint density at radius 3 is 2.81 bits per heavy atom. The van der Waals surface area contributed by atoms with E-state index in [1.165, 1.54) is 0 Å². The molecule has 1 aliphatic carbocycles. The number of nitrogens with zero attached hydrogens (tertiary/aromatic N) is 4. The number of likely N-dealkylation sites (tertiary alicyclic amines) is 1. The van der Waals surface area contributed by atoms with Gasteiger partial charge in [-0.15, -0.1) is 0 Å². The predicted molar refractivity (Wildman–Crippen MR) is 132 cm³/mol. The Morgan fingerprint density at radius 1 is 1.25 bits per heavy atom. The second kappa shape index (κ2) is 8.70. The molecule has 2 N–H and O–H groups in total. The van der Waals surface area contributed by atoms with Crippen molar-refractivity contribution in [3.05, 3.63) is 47.8 Å². The average molecular weight is 492 g/mol. The second-order valence-electron chi connectivity index (χ2n) is 9.73. The van der Waals surface area contributed by atoms with Gasteiger partial charge in [0.2, 0.25) is 0 Å². The van der Waals surface area contributed by atoms with E-state index in [0.29, 0.717) is 53.7 Å². The van der Waals surface area contributed by atoms with E-state index in [-0.39, 0.29) is 24.0 Å². The number of anilines is 1. The van der Waals surface area contributed by atoms with Crippen LogP contribution in [0.3, 0.4) is 0 Å². The van der Waals surface area contributed by atoms with Gasteiger partial charge in [-0.2, -0.15) is 5.10 Å². The molecule has 3 aromatic rings. The molecule has 2 atom stereocenters. The average Bonchev–Trinajstić information content (AvgIpc) is 3.20. The Hall–Kier alpha value is -3.79. The molecule has 0 spiro atoms. The lowest BCUT2D eigenvalue weighted by Gasteiger charge is -2.43. The molecule has 10 nitrogen and oxygen atoms in total. The van der Waals surface area contributed by atoms with Crippen molar-refractivity contribution in [2.24, 2.45) is 0 Å². The summed E-state index contributed by atoms with van der Waals surface area (Å²) >= 11 is 0. The predicted octanol–water partition coefficient (Wildman–Crippen LogP) is 3.10. The van der Waals surface area contributed by atoms with Gasteiger partial charge in [0.1, 0.15) is 23.6 Å². The minimum Gasteiger partial charge on any atom is -0.489 e. The number of urea groups is 1. The van der Waals surface area contributed by atoms with Crippen LogP contribution in [-0.4, -0.2) is 69.4 Å². The van der Waals surface area contributed by atoms with Crippen LogP contribution in [0, 0.1) is 6.92 Å². The normalized spacial score (nSPS) is 21.3. The molecule has 36 heavy (non-hydrogen) atoms. The lowest BCUT2D eigenvalue weighted by atomic mass is 9.93. The number of rotatable bonds is 4. The number of fused-ring (bicyclic) bond motifs is 2. The highest BCUT2D eigenvalue weighted by atomic mass is 16.5. The molecule has 0 radical (unpaired) electrons. The van der Waals surface area contributed by atoms with Crippen molar-refractivity contribution < 1.29 is 24.2 Å². The van der Waals surface area contributed by atoms with E-state index < -0.39 is 6.10 Å². The van der Waals surface area contributed by atoms with E-state index in [2.05, 4.69) is 10.4 Å². The van der Waals surface area contributed by atoms with Crippen LogP contribution < -0.4 is 19.7 Å². The van der Waals surface area contributed by atoms with Gasteiger partial charge in [0.05, 0.1) is 36.1 Å². The third-order valence-electron chi connectivity index (χ3n) is 7.51. The van der Waals surface area contributed by atoms with Crippen LogP contribution in [0.1, 0.15) is 42.1 Å². The summed E-state index contributed by atoms with van der Waals surface area (Å²) in [6, 6.07) is 7.12. The van der Waals surface area contributed by atoms with Crippen LogP contribution in [0.25, 0.3) is 5.52 Å². The van der Waals surface area contributed by atoms with Crippen LogP contribution in [0.4, 0.5) is 10.5 Å². The number of nitrogens with one attached hydrogen (secondary N) is 1. The summed E-state index contributed by atoms with van der Waals surface area (Å²) in [7, 11) is 0. The molecule has 188 valence electrons. The number of aliphatic hydroxyl groups is 1. The lowest BCUT2D eigenvalue weighted by molar-refractivity contribution is -0.0357. The molecular weight excluding hydrogens is 462 g/mol. The summed E-state index contributed by atoms with van der Waals surface area (Å²) in [6.07, 6.45) is 6.04. The van der Waals surface area contributed by atoms with Gasteiger partial charge in [0.15, 0.2) is 5.75 Å². The fourth-order valence-electron chi connectivity index (χ4n) is 4.94. The monoisotopic (exact) mass is 491 g/mol. The number of aromatic nitrogens is 2. The summed E-state index contributed by atoms with van der Waals surface area (Å²) in [6.45, 7) is 4.92. The van der Waals surface area contributed by atoms with E-state index in [9.17, 15) is 14.7 Å². The zero-order valence-electron chi connectivity index (χ0n) is 20.3. The Balaban J connectivity index is 1.26. The highest BCUT2D eigenvalue weighted by Crippen LogP contribution is 2.38. The van der Waals surface area contributed by atoms with Gasteiger partial charge in [0.25, 0.3) is 5.91 Å². The molecule has 3 aliphatic rings. The number of carbonyl (C=O) groups excluding carboxylic acids is 2. The maximum Gasteiger partial charge on any atom is 0.322 e. The van der Waals surface area contributed by atoms with Gasteiger partial charge in [0, 0.05) is 30.9 Å². The van der Waals surface area contributed by atoms with Crippen molar-refractivity contribution in [1.82, 2.24) is 19.8 Å². The molecule has 2 fully saturated rings. The number of hydrogen-bond acceptors (Lipinski definition) is 6. The molecule has 0 bridgehead atoms. The van der Waals surface area contributed by atoms with Crippen molar-refractivity contribution in [1.29, 1.82) is 0 Å². The second-order valence-corrected chi connectivity index (χ2v) is 9.73. The first-order valence-electron chi connectivity index (χ1n) is 12.4. The molecule has 6 rings (SSSR count). The standard InChI is InChI=1S/C26H29N5O5/c1-15-19(25(33)30-14-21(32)16(30)2)13-31-24(15)22(8-9-27-31)36-18-6-7-20-23(12-18)35-11-10-29(20)26(34)28-17-4-3-5-17/h6-9,12-13,16-17,21,32H,3-5,10-11,14H2,1-2H3,(H,28,34)/t16-,21-/m1/s1. The van der Waals surface area contributed by atoms with Crippen molar-refractivity contribution in [2.45, 2.75) is 51.3 Å². The van der Waals surface area contributed by atoms with E-state index in [4.69, 9.17) is 9.47 Å². The van der Waals surface area contributed by atoms with Crippen molar-refractivity contribution in [3.8, 4) is 17.2 Å². The summed E-state index contributed by atoms with van der Waals surface area (Å²) < 4.78 is 13.7. The van der Waals surface area contributed by atoms with Crippen LogP contribution in [0.5, 0.6) is 17.2 Å². The van der Waals surface area contributed by atoms with Gasteiger partial charge in [-0.05, 0) is 50.8 Å². The third-order valence-corrected chi connectivity index (χ3v) is 7.51. The quantitative estimate of drug-likeness (QED) is 0.581. The zero-order valence-corrected chi connectivity index (χ0v) is 20.3. The first kappa shape index (κ1) is 22.7. The number of aryl methyl sites for hydroxylation is 1. The Labute approximate surface area is 208 Å². The Kier molecular flexibility index (Phi) is 5.48. The van der Waals surface area contributed by atoms with Crippen LogP contribution in [0.2, 0.25) is 0 Å². The molecule has 0 unspecified atom stereocenters. The summed E-state index contributed by atoms with van der Waals surface area (Å²) in [5, 5.41) is 17.3.